The smallest absolute Gasteiger partial charge is 0.171 e. The van der Waals surface area contributed by atoms with Crippen molar-refractivity contribution in [2.24, 2.45) is 5.92 Å². The molecule has 2 aromatic heterocycles. The summed E-state index contributed by atoms with van der Waals surface area (Å²) in [5.41, 5.74) is 0.782. The lowest BCUT2D eigenvalue weighted by Gasteiger charge is -2.14. The molecule has 6 heteroatoms. The quantitative estimate of drug-likeness (QED) is 0.889. The molecule has 2 N–H and O–H groups in total. The van der Waals surface area contributed by atoms with Crippen LogP contribution in [0.25, 0.3) is 5.65 Å². The summed E-state index contributed by atoms with van der Waals surface area (Å²) in [6.45, 7) is 4.73. The van der Waals surface area contributed by atoms with Gasteiger partial charge < -0.3 is 10.4 Å². The van der Waals surface area contributed by atoms with Crippen LogP contribution in [0.2, 0.25) is 0 Å². The maximum Gasteiger partial charge on any atom is 0.171 e. The van der Waals surface area contributed by atoms with Crippen LogP contribution in [0, 0.1) is 5.92 Å². The van der Waals surface area contributed by atoms with E-state index in [0.717, 1.165) is 15.9 Å². The van der Waals surface area contributed by atoms with Gasteiger partial charge in [-0.25, -0.2) is 9.50 Å². The van der Waals surface area contributed by atoms with Gasteiger partial charge in [0.1, 0.15) is 5.82 Å². The van der Waals surface area contributed by atoms with Crippen LogP contribution in [-0.4, -0.2) is 32.4 Å². The fourth-order valence-corrected chi connectivity index (χ4v) is 1.98. The minimum atomic E-state index is -0.275. The Morgan fingerprint density at radius 2 is 2.28 bits per heavy atom. The average molecular weight is 313 g/mol. The van der Waals surface area contributed by atoms with Gasteiger partial charge in [0, 0.05) is 12.7 Å². The number of hydrogen-bond acceptors (Lipinski definition) is 4. The van der Waals surface area contributed by atoms with E-state index in [0.29, 0.717) is 13.0 Å². The van der Waals surface area contributed by atoms with Crippen LogP contribution in [0.15, 0.2) is 22.9 Å². The molecule has 18 heavy (non-hydrogen) atoms. The normalized spacial score (nSPS) is 13.2. The Hall–Kier alpha value is -1.14. The Balaban J connectivity index is 1.97. The van der Waals surface area contributed by atoms with Gasteiger partial charge in [0.05, 0.1) is 16.8 Å². The Labute approximate surface area is 114 Å². The molecule has 98 valence electrons. The third-order valence-electron chi connectivity index (χ3n) is 2.84. The summed E-state index contributed by atoms with van der Waals surface area (Å²) >= 11 is 3.40. The molecule has 1 atom stereocenters. The Morgan fingerprint density at radius 1 is 1.50 bits per heavy atom. The highest BCUT2D eigenvalue weighted by atomic mass is 79.9. The van der Waals surface area contributed by atoms with E-state index in [1.807, 2.05) is 26.1 Å². The van der Waals surface area contributed by atoms with Crippen molar-refractivity contribution in [2.75, 3.05) is 11.9 Å². The number of aliphatic hydroxyl groups is 1. The zero-order valence-corrected chi connectivity index (χ0v) is 12.1. The standard InChI is InChI=1S/C12H17BrN4O/c1-8(2)10(18)3-5-14-11-4-6-17-12(16-11)9(13)7-15-17/h4,6-8,10,18H,3,5H2,1-2H3,(H,14,16). The van der Waals surface area contributed by atoms with Crippen molar-refractivity contribution < 1.29 is 5.11 Å². The molecule has 0 spiro atoms. The van der Waals surface area contributed by atoms with Crippen molar-refractivity contribution in [2.45, 2.75) is 26.4 Å². The number of nitrogens with zero attached hydrogens (tertiary/aromatic N) is 3. The first kappa shape index (κ1) is 13.3. The van der Waals surface area contributed by atoms with E-state index < -0.39 is 0 Å². The maximum absolute atomic E-state index is 9.71. The lowest BCUT2D eigenvalue weighted by atomic mass is 10.0. The van der Waals surface area contributed by atoms with Crippen LogP contribution in [0.3, 0.4) is 0 Å². The molecule has 2 rings (SSSR count). The largest absolute Gasteiger partial charge is 0.393 e. The summed E-state index contributed by atoms with van der Waals surface area (Å²) in [4.78, 5) is 4.44. The van der Waals surface area contributed by atoms with Gasteiger partial charge >= 0.3 is 0 Å². The van der Waals surface area contributed by atoms with Crippen LogP contribution < -0.4 is 5.32 Å². The molecule has 0 fully saturated rings. The number of aliphatic hydroxyl groups excluding tert-OH is 1. The number of hydrogen-bond donors (Lipinski definition) is 2. The molecule has 2 heterocycles. The monoisotopic (exact) mass is 312 g/mol. The highest BCUT2D eigenvalue weighted by Crippen LogP contribution is 2.16. The molecule has 0 bridgehead atoms. The number of aromatic nitrogens is 3. The number of anilines is 1. The molecule has 0 aromatic carbocycles. The molecule has 0 aliphatic rings. The van der Waals surface area contributed by atoms with E-state index in [9.17, 15) is 5.11 Å². The lowest BCUT2D eigenvalue weighted by Crippen LogP contribution is -2.19. The van der Waals surface area contributed by atoms with E-state index >= 15 is 0 Å². The summed E-state index contributed by atoms with van der Waals surface area (Å²) in [6, 6.07) is 1.87. The third kappa shape index (κ3) is 3.00. The molecule has 0 aliphatic heterocycles. The summed E-state index contributed by atoms with van der Waals surface area (Å²) in [6.07, 6.45) is 4.01. The Bertz CT molecular complexity index is 526. The van der Waals surface area contributed by atoms with Crippen molar-refractivity contribution in [1.29, 1.82) is 0 Å². The minimum absolute atomic E-state index is 0.275. The molecular formula is C12H17BrN4O. The highest BCUT2D eigenvalue weighted by Gasteiger charge is 2.09. The fourth-order valence-electron chi connectivity index (χ4n) is 1.62. The fraction of sp³-hybridized carbons (Fsp3) is 0.500. The van der Waals surface area contributed by atoms with Gasteiger partial charge in [-0.3, -0.25) is 0 Å². The number of nitrogens with one attached hydrogen (secondary N) is 1. The van der Waals surface area contributed by atoms with E-state index in [4.69, 9.17) is 0 Å². The lowest BCUT2D eigenvalue weighted by molar-refractivity contribution is 0.120. The SMILES string of the molecule is CC(C)C(O)CCNc1ccn2ncc(Br)c2n1. The van der Waals surface area contributed by atoms with Gasteiger partial charge in [-0.1, -0.05) is 13.8 Å². The molecule has 0 saturated carbocycles. The first-order valence-corrected chi connectivity index (χ1v) is 6.79. The topological polar surface area (TPSA) is 62.5 Å². The van der Waals surface area contributed by atoms with Crippen LogP contribution >= 0.6 is 15.9 Å². The summed E-state index contributed by atoms with van der Waals surface area (Å²) in [7, 11) is 0. The molecule has 0 aliphatic carbocycles. The van der Waals surface area contributed by atoms with Crippen LogP contribution in [-0.2, 0) is 0 Å². The van der Waals surface area contributed by atoms with Gasteiger partial charge in [0.15, 0.2) is 5.65 Å². The second kappa shape index (κ2) is 5.67. The van der Waals surface area contributed by atoms with Crippen molar-refractivity contribution in [3.63, 3.8) is 0 Å². The predicted octanol–water partition coefficient (Wildman–Crippen LogP) is 2.31. The second-order valence-corrected chi connectivity index (χ2v) is 5.45. The minimum Gasteiger partial charge on any atom is -0.393 e. The number of fused-ring (bicyclic) bond motifs is 1. The van der Waals surface area contributed by atoms with Crippen molar-refractivity contribution in [3.05, 3.63) is 22.9 Å². The van der Waals surface area contributed by atoms with E-state index in [1.54, 1.807) is 10.7 Å². The summed E-state index contributed by atoms with van der Waals surface area (Å²) in [5.74, 6) is 1.07. The molecule has 0 saturated heterocycles. The zero-order valence-electron chi connectivity index (χ0n) is 10.5. The Morgan fingerprint density at radius 3 is 3.00 bits per heavy atom. The molecule has 1 unspecified atom stereocenters. The molecule has 5 nitrogen and oxygen atoms in total. The Kier molecular flexibility index (Phi) is 4.19. The number of halogens is 1. The van der Waals surface area contributed by atoms with Crippen molar-refractivity contribution >= 4 is 27.4 Å². The first-order chi connectivity index (χ1) is 8.58. The van der Waals surface area contributed by atoms with Gasteiger partial charge in [-0.15, -0.1) is 0 Å². The molecular weight excluding hydrogens is 296 g/mol. The van der Waals surface area contributed by atoms with Gasteiger partial charge in [-0.2, -0.15) is 5.10 Å². The number of rotatable bonds is 5. The third-order valence-corrected chi connectivity index (χ3v) is 3.40. The first-order valence-electron chi connectivity index (χ1n) is 5.99. The van der Waals surface area contributed by atoms with E-state index in [-0.39, 0.29) is 12.0 Å². The van der Waals surface area contributed by atoms with E-state index in [1.165, 1.54) is 0 Å². The van der Waals surface area contributed by atoms with Crippen molar-refractivity contribution in [1.82, 2.24) is 14.6 Å². The average Bonchev–Trinajstić information content (AvgIpc) is 2.71. The van der Waals surface area contributed by atoms with Gasteiger partial charge in [0.25, 0.3) is 0 Å². The van der Waals surface area contributed by atoms with Gasteiger partial charge in [0.2, 0.25) is 0 Å². The molecule has 2 aromatic rings. The van der Waals surface area contributed by atoms with Crippen LogP contribution in [0.4, 0.5) is 5.82 Å². The second-order valence-electron chi connectivity index (χ2n) is 4.60. The predicted molar refractivity (Wildman–Crippen MR) is 74.6 cm³/mol. The maximum atomic E-state index is 9.71. The van der Waals surface area contributed by atoms with Gasteiger partial charge in [-0.05, 0) is 34.3 Å². The molecule has 0 amide bonds. The van der Waals surface area contributed by atoms with E-state index in [2.05, 4.69) is 31.3 Å². The zero-order chi connectivity index (χ0) is 13.1. The summed E-state index contributed by atoms with van der Waals surface area (Å²) < 4.78 is 2.58. The summed E-state index contributed by atoms with van der Waals surface area (Å²) in [5, 5.41) is 17.0. The van der Waals surface area contributed by atoms with Crippen molar-refractivity contribution in [3.8, 4) is 0 Å². The molecule has 0 radical (unpaired) electrons. The highest BCUT2D eigenvalue weighted by molar-refractivity contribution is 9.10. The van der Waals surface area contributed by atoms with Crippen LogP contribution in [0.1, 0.15) is 20.3 Å². The van der Waals surface area contributed by atoms with Crippen LogP contribution in [0.5, 0.6) is 0 Å².